The minimum atomic E-state index is -0.997. The summed E-state index contributed by atoms with van der Waals surface area (Å²) in [6, 6.07) is 16.9. The van der Waals surface area contributed by atoms with Crippen LogP contribution < -0.4 is 15.4 Å². The van der Waals surface area contributed by atoms with Gasteiger partial charge in [0.25, 0.3) is 5.91 Å². The maximum atomic E-state index is 14.0. The molecule has 2 aromatic heterocycles. The maximum absolute atomic E-state index is 14.0. The number of pyridine rings is 1. The van der Waals surface area contributed by atoms with E-state index in [0.29, 0.717) is 17.9 Å². The number of nitrogens with one attached hydrogen (secondary N) is 1. The molecule has 35 heavy (non-hydrogen) atoms. The zero-order valence-electron chi connectivity index (χ0n) is 20.4. The molecule has 1 N–H and O–H groups in total. The number of benzene rings is 2. The van der Waals surface area contributed by atoms with Gasteiger partial charge in [-0.1, -0.05) is 38.2 Å². The molecule has 5 nitrogen and oxygen atoms in total. The molecular weight excluding hydrogens is 455 g/mol. The number of nitrogens with zero attached hydrogens (tertiary/aromatic N) is 3. The summed E-state index contributed by atoms with van der Waals surface area (Å²) in [5.41, 5.74) is 4.39. The fourth-order valence-electron chi connectivity index (χ4n) is 4.73. The number of anilines is 2. The Morgan fingerprint density at radius 1 is 1.09 bits per heavy atom. The number of amides is 1. The van der Waals surface area contributed by atoms with Gasteiger partial charge < -0.3 is 14.8 Å². The molecule has 4 aromatic rings. The van der Waals surface area contributed by atoms with Crippen LogP contribution >= 0.6 is 0 Å². The molecule has 0 bridgehead atoms. The number of rotatable bonds is 7. The molecule has 1 aliphatic rings. The Labute approximate surface area is 207 Å². The van der Waals surface area contributed by atoms with Crippen molar-refractivity contribution in [3.8, 4) is 0 Å². The van der Waals surface area contributed by atoms with E-state index >= 15 is 0 Å². The summed E-state index contributed by atoms with van der Waals surface area (Å²) in [7, 11) is -0.997. The monoisotopic (exact) mass is 485 g/mol. The van der Waals surface area contributed by atoms with Crippen molar-refractivity contribution in [3.63, 3.8) is 0 Å². The third-order valence-electron chi connectivity index (χ3n) is 6.67. The van der Waals surface area contributed by atoms with Crippen molar-refractivity contribution >= 4 is 42.3 Å². The average Bonchev–Trinajstić information content (AvgIpc) is 3.13. The second-order valence-corrected chi connectivity index (χ2v) is 11.8. The quantitative estimate of drug-likeness (QED) is 0.366. The van der Waals surface area contributed by atoms with Gasteiger partial charge in [0.2, 0.25) is 0 Å². The van der Waals surface area contributed by atoms with Gasteiger partial charge in [0.1, 0.15) is 17.3 Å². The lowest BCUT2D eigenvalue weighted by Gasteiger charge is -2.31. The molecule has 3 heterocycles. The largest absolute Gasteiger partial charge is 0.356 e. The number of hydrogen-bond acceptors (Lipinski definition) is 3. The van der Waals surface area contributed by atoms with Crippen LogP contribution in [0.25, 0.3) is 10.9 Å². The van der Waals surface area contributed by atoms with Crippen LogP contribution in [0.4, 0.5) is 15.9 Å². The number of carbonyl (C=O) groups is 1. The summed E-state index contributed by atoms with van der Waals surface area (Å²) in [5, 5.41) is 5.32. The molecule has 1 saturated heterocycles. The van der Waals surface area contributed by atoms with Crippen LogP contribution in [-0.2, 0) is 13.0 Å². The van der Waals surface area contributed by atoms with Gasteiger partial charge in [-0.2, -0.15) is 0 Å². The normalized spacial score (nSPS) is 13.3. The van der Waals surface area contributed by atoms with E-state index in [0.717, 1.165) is 47.0 Å². The highest BCUT2D eigenvalue weighted by Crippen LogP contribution is 2.25. The van der Waals surface area contributed by atoms with Crippen LogP contribution in [0.3, 0.4) is 0 Å². The Kier molecular flexibility index (Phi) is 6.43. The van der Waals surface area contributed by atoms with Gasteiger partial charge >= 0.3 is 0 Å². The molecule has 0 atom stereocenters. The number of aromatic nitrogens is 2. The van der Waals surface area contributed by atoms with E-state index < -0.39 is 8.80 Å². The van der Waals surface area contributed by atoms with E-state index in [2.05, 4.69) is 53.4 Å². The molecule has 1 fully saturated rings. The predicted octanol–water partition coefficient (Wildman–Crippen LogP) is 5.21. The predicted molar refractivity (Wildman–Crippen MR) is 143 cm³/mol. The first-order chi connectivity index (χ1) is 16.9. The summed E-state index contributed by atoms with van der Waals surface area (Å²) in [5.74, 6) is 0.507. The first-order valence-electron chi connectivity index (χ1n) is 12.2. The Morgan fingerprint density at radius 3 is 2.54 bits per heavy atom. The van der Waals surface area contributed by atoms with Crippen LogP contribution in [0.5, 0.6) is 0 Å². The molecule has 0 saturated carbocycles. The third-order valence-corrected chi connectivity index (χ3v) is 8.17. The van der Waals surface area contributed by atoms with Crippen LogP contribution in [0, 0.1) is 5.82 Å². The molecule has 0 spiro atoms. The molecule has 1 aliphatic heterocycles. The van der Waals surface area contributed by atoms with Crippen LogP contribution in [0.1, 0.15) is 35.0 Å². The first-order valence-corrected chi connectivity index (χ1v) is 14.7. The van der Waals surface area contributed by atoms with Crippen molar-refractivity contribution in [1.82, 2.24) is 9.55 Å². The minimum absolute atomic E-state index is 0.157. The summed E-state index contributed by atoms with van der Waals surface area (Å²) in [6.45, 7) is 9.04. The fourth-order valence-corrected chi connectivity index (χ4v) is 6.19. The zero-order chi connectivity index (χ0) is 24.5. The fraction of sp³-hybridized carbons (Fsp3) is 0.286. The molecule has 0 unspecified atom stereocenters. The second-order valence-electron chi connectivity index (χ2n) is 9.34. The third kappa shape index (κ3) is 4.60. The minimum Gasteiger partial charge on any atom is -0.356 e. The molecule has 179 valence electrons. The second kappa shape index (κ2) is 9.66. The lowest BCUT2D eigenvalue weighted by molar-refractivity contribution is 0.102. The SMILES string of the molecule is CCc1ccc2c(c1)c([Si](C)C)c(C(=O)Nc1ccc(N3CCC3)nc1)n2Cc1cccc(F)c1. The van der Waals surface area contributed by atoms with E-state index in [1.165, 1.54) is 24.1 Å². The average molecular weight is 486 g/mol. The van der Waals surface area contributed by atoms with E-state index in [1.807, 2.05) is 22.8 Å². The molecule has 0 aliphatic carbocycles. The summed E-state index contributed by atoms with van der Waals surface area (Å²) < 4.78 is 16.0. The smallest absolute Gasteiger partial charge is 0.272 e. The van der Waals surface area contributed by atoms with Crippen LogP contribution in [0.2, 0.25) is 13.1 Å². The Hall–Kier alpha value is -3.45. The Bertz CT molecular complexity index is 1380. The highest BCUT2D eigenvalue weighted by molar-refractivity contribution is 6.74. The number of hydrogen-bond donors (Lipinski definition) is 1. The summed E-state index contributed by atoms with van der Waals surface area (Å²) in [6.07, 6.45) is 3.84. The van der Waals surface area contributed by atoms with E-state index in [4.69, 9.17) is 0 Å². The van der Waals surface area contributed by atoms with Gasteiger partial charge in [0.05, 0.1) is 20.7 Å². The molecule has 5 rings (SSSR count). The topological polar surface area (TPSA) is 50.2 Å². The van der Waals surface area contributed by atoms with E-state index in [-0.39, 0.29) is 11.7 Å². The lowest BCUT2D eigenvalue weighted by Crippen LogP contribution is -2.37. The van der Waals surface area contributed by atoms with Gasteiger partial charge in [-0.25, -0.2) is 9.37 Å². The van der Waals surface area contributed by atoms with Gasteiger partial charge in [-0.05, 0) is 70.9 Å². The highest BCUT2D eigenvalue weighted by Gasteiger charge is 2.26. The lowest BCUT2D eigenvalue weighted by atomic mass is 10.1. The number of aryl methyl sites for hydroxylation is 1. The van der Waals surface area contributed by atoms with Crippen molar-refractivity contribution < 1.29 is 9.18 Å². The van der Waals surface area contributed by atoms with Crippen LogP contribution in [-0.4, -0.2) is 37.3 Å². The zero-order valence-corrected chi connectivity index (χ0v) is 21.4. The van der Waals surface area contributed by atoms with Gasteiger partial charge in [-0.15, -0.1) is 0 Å². The molecule has 7 heteroatoms. The van der Waals surface area contributed by atoms with Crippen molar-refractivity contribution in [2.75, 3.05) is 23.3 Å². The van der Waals surface area contributed by atoms with Crippen molar-refractivity contribution in [1.29, 1.82) is 0 Å². The van der Waals surface area contributed by atoms with Gasteiger partial charge in [0.15, 0.2) is 0 Å². The summed E-state index contributed by atoms with van der Waals surface area (Å²) in [4.78, 5) is 20.6. The van der Waals surface area contributed by atoms with Gasteiger partial charge in [-0.3, -0.25) is 4.79 Å². The Morgan fingerprint density at radius 2 is 1.91 bits per heavy atom. The van der Waals surface area contributed by atoms with Crippen molar-refractivity contribution in [3.05, 3.63) is 83.4 Å². The summed E-state index contributed by atoms with van der Waals surface area (Å²) >= 11 is 0. The molecule has 1 radical (unpaired) electrons. The van der Waals surface area contributed by atoms with Crippen molar-refractivity contribution in [2.24, 2.45) is 0 Å². The maximum Gasteiger partial charge on any atom is 0.272 e. The first kappa shape index (κ1) is 23.3. The van der Waals surface area contributed by atoms with E-state index in [9.17, 15) is 9.18 Å². The number of fused-ring (bicyclic) bond motifs is 1. The Balaban J connectivity index is 1.58. The number of carbonyl (C=O) groups excluding carboxylic acids is 1. The van der Waals surface area contributed by atoms with Crippen LogP contribution in [0.15, 0.2) is 60.8 Å². The standard InChI is InChI=1S/C28H30FN4OSi/c1-4-19-9-11-24-23(16-19)27(35(2)3)26(33(24)18-20-7-5-8-21(29)15-20)28(34)31-22-10-12-25(30-17-22)32-13-6-14-32/h5,7-12,15-17H,4,6,13-14,18H2,1-3H3,(H,31,34). The molecule has 2 aromatic carbocycles. The molecular formula is C28H30FN4OSi. The van der Waals surface area contributed by atoms with Gasteiger partial charge in [0, 0.05) is 25.2 Å². The van der Waals surface area contributed by atoms with E-state index in [1.54, 1.807) is 12.3 Å². The number of halogens is 1. The molecule has 1 amide bonds. The highest BCUT2D eigenvalue weighted by atomic mass is 28.3. The van der Waals surface area contributed by atoms with Crippen molar-refractivity contribution in [2.45, 2.75) is 39.4 Å².